The third-order valence-electron chi connectivity index (χ3n) is 13.2. The van der Waals surface area contributed by atoms with Crippen LogP contribution in [0, 0.1) is 0 Å². The fraction of sp³-hybridized carbons (Fsp3) is 0.950. The molecule has 2 amide bonds. The summed E-state index contributed by atoms with van der Waals surface area (Å²) in [5.41, 5.74) is 0. The normalized spacial score (nSPS) is 50.3. The Morgan fingerprint density at radius 1 is 0.389 bits per heavy atom. The van der Waals surface area contributed by atoms with Gasteiger partial charge < -0.3 is 150 Å². The highest BCUT2D eigenvalue weighted by atomic mass is 16.8. The number of nitrogens with one attached hydrogen (secondary N) is 2. The van der Waals surface area contributed by atoms with Gasteiger partial charge in [0.1, 0.15) is 140 Å². The molecule has 0 bridgehead atoms. The molecule has 6 heterocycles. The first kappa shape index (κ1) is 59.1. The molecule has 32 heteroatoms. The quantitative estimate of drug-likeness (QED) is 0.0643. The number of rotatable bonds is 17. The van der Waals surface area contributed by atoms with Gasteiger partial charge in [-0.1, -0.05) is 0 Å². The number of hydrogen-bond donors (Lipinski definition) is 19. The van der Waals surface area contributed by atoms with E-state index < -0.39 is 229 Å². The van der Waals surface area contributed by atoms with Crippen molar-refractivity contribution in [3.05, 3.63) is 0 Å². The van der Waals surface area contributed by atoms with Crippen LogP contribution in [0.2, 0.25) is 0 Å². The Balaban J connectivity index is 1.29. The second-order valence-electron chi connectivity index (χ2n) is 18.3. The van der Waals surface area contributed by atoms with Crippen molar-refractivity contribution in [1.82, 2.24) is 10.6 Å². The molecule has 30 atom stereocenters. The average molecular weight is 1060 g/mol. The van der Waals surface area contributed by atoms with E-state index in [1.807, 2.05) is 0 Å². The maximum atomic E-state index is 12.8. The number of carbonyl (C=O) groups is 2. The lowest BCUT2D eigenvalue weighted by molar-refractivity contribution is -0.387. The molecule has 32 nitrogen and oxygen atoms in total. The predicted molar refractivity (Wildman–Crippen MR) is 221 cm³/mol. The largest absolute Gasteiger partial charge is 0.394 e. The lowest BCUT2D eigenvalue weighted by Gasteiger charge is -2.51. The first-order chi connectivity index (χ1) is 34.0. The number of ether oxygens (including phenoxy) is 11. The Hall–Kier alpha value is -2.18. The summed E-state index contributed by atoms with van der Waals surface area (Å²) in [6.45, 7) is -1.30. The molecule has 0 spiro atoms. The minimum Gasteiger partial charge on any atom is -0.394 e. The van der Waals surface area contributed by atoms with E-state index in [4.69, 9.17) is 52.1 Å². The van der Waals surface area contributed by atoms with Gasteiger partial charge in [0.2, 0.25) is 11.8 Å². The van der Waals surface area contributed by atoms with Crippen molar-refractivity contribution in [2.75, 3.05) is 33.0 Å². The molecule has 6 fully saturated rings. The zero-order valence-electron chi connectivity index (χ0n) is 38.8. The summed E-state index contributed by atoms with van der Waals surface area (Å²) >= 11 is 0. The van der Waals surface area contributed by atoms with Crippen molar-refractivity contribution in [1.29, 1.82) is 0 Å². The van der Waals surface area contributed by atoms with E-state index in [1.165, 1.54) is 6.92 Å². The highest BCUT2D eigenvalue weighted by Gasteiger charge is 2.58. The molecule has 0 aromatic carbocycles. The summed E-state index contributed by atoms with van der Waals surface area (Å²) in [6, 6.07) is -3.42. The lowest BCUT2D eigenvalue weighted by Crippen LogP contribution is -2.71. The topological polar surface area (TPSA) is 504 Å². The van der Waals surface area contributed by atoms with Crippen molar-refractivity contribution >= 4 is 11.8 Å². The molecular formula is C40H68N2O30. The van der Waals surface area contributed by atoms with Crippen LogP contribution in [0.3, 0.4) is 0 Å². The molecule has 0 aromatic heterocycles. The van der Waals surface area contributed by atoms with Gasteiger partial charge >= 0.3 is 0 Å². The fourth-order valence-electron chi connectivity index (χ4n) is 9.15. The Kier molecular flexibility index (Phi) is 20.8. The van der Waals surface area contributed by atoms with Crippen molar-refractivity contribution in [3.63, 3.8) is 0 Å². The summed E-state index contributed by atoms with van der Waals surface area (Å²) in [6.07, 6.45) is -52.0. The van der Waals surface area contributed by atoms with Crippen molar-refractivity contribution in [2.45, 2.75) is 205 Å². The van der Waals surface area contributed by atoms with Crippen LogP contribution in [0.1, 0.15) is 20.8 Å². The molecule has 6 rings (SSSR count). The minimum absolute atomic E-state index is 0.768. The van der Waals surface area contributed by atoms with E-state index in [-0.39, 0.29) is 0 Å². The van der Waals surface area contributed by atoms with E-state index >= 15 is 0 Å². The molecule has 0 aromatic rings. The smallest absolute Gasteiger partial charge is 0.217 e. The van der Waals surface area contributed by atoms with E-state index in [0.29, 0.717) is 0 Å². The van der Waals surface area contributed by atoms with Crippen LogP contribution in [-0.4, -0.2) is 316 Å². The molecule has 1 unspecified atom stereocenters. The maximum absolute atomic E-state index is 12.8. The van der Waals surface area contributed by atoms with E-state index in [0.717, 1.165) is 13.8 Å². The first-order valence-electron chi connectivity index (χ1n) is 23.0. The molecule has 0 aliphatic carbocycles. The predicted octanol–water partition coefficient (Wildman–Crippen LogP) is -12.8. The Bertz CT molecular complexity index is 1730. The summed E-state index contributed by atoms with van der Waals surface area (Å²) in [4.78, 5) is 25.2. The van der Waals surface area contributed by atoms with Crippen LogP contribution in [0.25, 0.3) is 0 Å². The van der Waals surface area contributed by atoms with Gasteiger partial charge in [-0.05, 0) is 6.92 Å². The molecule has 418 valence electrons. The van der Waals surface area contributed by atoms with Crippen molar-refractivity contribution in [3.8, 4) is 0 Å². The third kappa shape index (κ3) is 12.6. The van der Waals surface area contributed by atoms with E-state index in [1.54, 1.807) is 0 Å². The molecule has 6 saturated heterocycles. The second-order valence-corrected chi connectivity index (χ2v) is 18.3. The zero-order chi connectivity index (χ0) is 53.2. The summed E-state index contributed by atoms with van der Waals surface area (Å²) in [5.74, 6) is -1.62. The van der Waals surface area contributed by atoms with Gasteiger partial charge in [-0.3, -0.25) is 9.59 Å². The van der Waals surface area contributed by atoms with Crippen LogP contribution in [0.15, 0.2) is 0 Å². The van der Waals surface area contributed by atoms with E-state index in [9.17, 15) is 96.4 Å². The van der Waals surface area contributed by atoms with Crippen molar-refractivity contribution < 1.29 is 149 Å². The van der Waals surface area contributed by atoms with Crippen LogP contribution in [0.4, 0.5) is 0 Å². The van der Waals surface area contributed by atoms with Gasteiger partial charge in [-0.15, -0.1) is 0 Å². The molecule has 19 N–H and O–H groups in total. The van der Waals surface area contributed by atoms with Gasteiger partial charge in [0, 0.05) is 13.8 Å². The monoisotopic (exact) mass is 1060 g/mol. The summed E-state index contributed by atoms with van der Waals surface area (Å²) < 4.78 is 63.4. The SMILES string of the molecule is CC(=O)N[C@H]1[C@H](O[C@H]2[C@H](O[C@@H]3O[C@@H](C)[C@@H](O)[C@@H](O)[C@@H]3O)[C@@H](NC(C)=O)C(O)O[C@@H]2CO)O[C@H](CO)[C@@H](O[C@@H]2O[C@H](CO[C@H]3O[C@H](CO)[C@@H](O)[C@H](O)[C@@H]3O)[C@@H](O)[C@H](O[C@H]3O[C@H](CO)[C@@H](O)[C@H](O)[C@@H]3O)[C@@H]2O)[C@@H]1O. The second kappa shape index (κ2) is 25.3. The molecule has 72 heavy (non-hydrogen) atoms. The third-order valence-corrected chi connectivity index (χ3v) is 13.2. The number of aliphatic hydroxyl groups excluding tert-OH is 17. The minimum atomic E-state index is -2.24. The van der Waals surface area contributed by atoms with Crippen LogP contribution < -0.4 is 10.6 Å². The Morgan fingerprint density at radius 2 is 0.806 bits per heavy atom. The fourth-order valence-corrected chi connectivity index (χ4v) is 9.15. The number of aliphatic hydroxyl groups is 17. The van der Waals surface area contributed by atoms with Crippen LogP contribution >= 0.6 is 0 Å². The van der Waals surface area contributed by atoms with Gasteiger partial charge in [0.25, 0.3) is 0 Å². The summed E-state index contributed by atoms with van der Waals surface area (Å²) in [7, 11) is 0. The molecule has 6 aliphatic rings. The van der Waals surface area contributed by atoms with Crippen LogP contribution in [0.5, 0.6) is 0 Å². The molecule has 6 aliphatic heterocycles. The number of amides is 2. The lowest BCUT2D eigenvalue weighted by atomic mass is 9.93. The van der Waals surface area contributed by atoms with Gasteiger partial charge in [0.05, 0.1) is 39.1 Å². The van der Waals surface area contributed by atoms with Crippen LogP contribution in [-0.2, 0) is 61.7 Å². The van der Waals surface area contributed by atoms with Gasteiger partial charge in [-0.2, -0.15) is 0 Å². The van der Waals surface area contributed by atoms with Crippen molar-refractivity contribution in [2.24, 2.45) is 0 Å². The zero-order valence-corrected chi connectivity index (χ0v) is 38.8. The van der Waals surface area contributed by atoms with Gasteiger partial charge in [-0.25, -0.2) is 0 Å². The molecule has 0 radical (unpaired) electrons. The van der Waals surface area contributed by atoms with E-state index in [2.05, 4.69) is 10.6 Å². The first-order valence-corrected chi connectivity index (χ1v) is 23.0. The molecule has 0 saturated carbocycles. The Labute approximate surface area is 408 Å². The standard InChI is InChI=1S/C40H68N2O30/c1-9-19(49)24(54)28(58)38(63-9)71-33-18(42-11(3)48)35(61)64-15(7-46)32(33)70-36-17(41-10(2)47)23(53)31(14(6-45)67-36)69-40-30(60)34(72-39-29(59)26(56)21(51)13(5-44)66-39)22(52)16(68-40)8-62-37-27(57)25(55)20(50)12(4-43)65-37/h9,12-40,43-46,49-61H,4-8H2,1-3H3,(H,41,47)(H,42,48)/t9-,12+,13+,14+,15+,16+,17+,18+,19+,20+,21+,22+,23+,24+,25-,26-,27-,28-,29-,30-,31+,32+,33+,34-,35?,36-,37-,38-,39+,40-/m0/s1. The highest BCUT2D eigenvalue weighted by Crippen LogP contribution is 2.37. The average Bonchev–Trinajstić information content (AvgIpc) is 3.34. The summed E-state index contributed by atoms with van der Waals surface area (Å²) in [5, 5.41) is 186. The molecular weight excluding hydrogens is 988 g/mol. The Morgan fingerprint density at radius 3 is 1.36 bits per heavy atom. The number of hydrogen-bond acceptors (Lipinski definition) is 30. The highest BCUT2D eigenvalue weighted by molar-refractivity contribution is 5.73. The number of carbonyl (C=O) groups excluding carboxylic acids is 2. The van der Waals surface area contributed by atoms with Gasteiger partial charge in [0.15, 0.2) is 37.7 Å². The maximum Gasteiger partial charge on any atom is 0.217 e.